The van der Waals surface area contributed by atoms with Crippen LogP contribution in [0.1, 0.15) is 37.7 Å². The van der Waals surface area contributed by atoms with Gasteiger partial charge in [-0.1, -0.05) is 13.0 Å². The van der Waals surface area contributed by atoms with Gasteiger partial charge in [-0.3, -0.25) is 14.9 Å². The highest BCUT2D eigenvalue weighted by atomic mass is 16.6. The van der Waals surface area contributed by atoms with Gasteiger partial charge in [0.1, 0.15) is 5.82 Å². The van der Waals surface area contributed by atoms with E-state index in [0.29, 0.717) is 5.56 Å². The van der Waals surface area contributed by atoms with Crippen molar-refractivity contribution in [2.24, 2.45) is 0 Å². The summed E-state index contributed by atoms with van der Waals surface area (Å²) < 4.78 is 1.96. The van der Waals surface area contributed by atoms with Crippen molar-refractivity contribution in [2.45, 2.75) is 39.3 Å². The van der Waals surface area contributed by atoms with Crippen LogP contribution in [-0.4, -0.2) is 25.5 Å². The summed E-state index contributed by atoms with van der Waals surface area (Å²) in [5.74, 6) is 0.370. The number of nitro benzene ring substituents is 1. The van der Waals surface area contributed by atoms with Gasteiger partial charge >= 0.3 is 5.69 Å². The molecule has 1 unspecified atom stereocenters. The maximum atomic E-state index is 12.1. The van der Waals surface area contributed by atoms with E-state index in [2.05, 4.69) is 10.3 Å². The van der Waals surface area contributed by atoms with E-state index in [1.807, 2.05) is 24.6 Å². The number of nitro groups is 1. The molecule has 0 bridgehead atoms. The Bertz CT molecular complexity index is 741. The predicted octanol–water partition coefficient (Wildman–Crippen LogP) is 2.33. The fourth-order valence-corrected chi connectivity index (χ4v) is 2.48. The van der Waals surface area contributed by atoms with Gasteiger partial charge in [0.25, 0.3) is 0 Å². The third-order valence-corrected chi connectivity index (χ3v) is 3.75. The number of nitrogens with one attached hydrogen (secondary N) is 1. The van der Waals surface area contributed by atoms with Gasteiger partial charge in [-0.05, 0) is 18.6 Å². The lowest BCUT2D eigenvalue weighted by molar-refractivity contribution is -0.385. The number of hydrogen-bond donors (Lipinski definition) is 2. The molecule has 0 saturated heterocycles. The molecule has 0 aliphatic rings. The Kier molecular flexibility index (Phi) is 5.51. The Morgan fingerprint density at radius 3 is 2.92 bits per heavy atom. The molecule has 0 saturated carbocycles. The van der Waals surface area contributed by atoms with Crippen LogP contribution in [0.25, 0.3) is 0 Å². The summed E-state index contributed by atoms with van der Waals surface area (Å²) in [5, 5.41) is 23.0. The lowest BCUT2D eigenvalue weighted by atomic mass is 10.1. The zero-order chi connectivity index (χ0) is 17.7. The average molecular weight is 332 g/mol. The first kappa shape index (κ1) is 17.5. The van der Waals surface area contributed by atoms with E-state index in [1.54, 1.807) is 6.20 Å². The smallest absolute Gasteiger partial charge is 0.311 e. The number of phenolic OH excluding ortho intramolecular Hbond substituents is 1. The van der Waals surface area contributed by atoms with Crippen molar-refractivity contribution < 1.29 is 14.8 Å². The SMILES string of the molecule is CCc1nccn1C(C)CC(=O)NCc1ccc(O)c([N+](=O)[O-])c1. The van der Waals surface area contributed by atoms with Crippen LogP contribution >= 0.6 is 0 Å². The number of benzene rings is 1. The molecule has 0 fully saturated rings. The molecular weight excluding hydrogens is 312 g/mol. The Balaban J connectivity index is 1.94. The highest BCUT2D eigenvalue weighted by Crippen LogP contribution is 2.26. The molecule has 1 aromatic carbocycles. The number of hydrogen-bond acceptors (Lipinski definition) is 5. The number of carbonyl (C=O) groups is 1. The van der Waals surface area contributed by atoms with Gasteiger partial charge in [0, 0.05) is 43.9 Å². The number of aromatic nitrogens is 2. The first-order valence-electron chi connectivity index (χ1n) is 7.67. The van der Waals surface area contributed by atoms with E-state index < -0.39 is 10.7 Å². The summed E-state index contributed by atoms with van der Waals surface area (Å²) >= 11 is 0. The largest absolute Gasteiger partial charge is 0.502 e. The van der Waals surface area contributed by atoms with Crippen LogP contribution in [0.15, 0.2) is 30.6 Å². The van der Waals surface area contributed by atoms with Crippen LogP contribution in [0.4, 0.5) is 5.69 Å². The van der Waals surface area contributed by atoms with Gasteiger partial charge in [0.2, 0.25) is 5.91 Å². The second-order valence-electron chi connectivity index (χ2n) is 5.51. The number of amides is 1. The molecule has 0 aliphatic heterocycles. The van der Waals surface area contributed by atoms with Crippen molar-refractivity contribution in [2.75, 3.05) is 0 Å². The zero-order valence-corrected chi connectivity index (χ0v) is 13.6. The number of imidazole rings is 1. The topological polar surface area (TPSA) is 110 Å². The molecular formula is C16H20N4O4. The molecule has 24 heavy (non-hydrogen) atoms. The van der Waals surface area contributed by atoms with Gasteiger partial charge in [0.15, 0.2) is 5.75 Å². The van der Waals surface area contributed by atoms with E-state index in [0.717, 1.165) is 12.2 Å². The predicted molar refractivity (Wildman–Crippen MR) is 87.5 cm³/mol. The Labute approximate surface area is 139 Å². The molecule has 8 nitrogen and oxygen atoms in total. The van der Waals surface area contributed by atoms with Crippen molar-refractivity contribution in [3.63, 3.8) is 0 Å². The average Bonchev–Trinajstić information content (AvgIpc) is 3.02. The van der Waals surface area contributed by atoms with Crippen molar-refractivity contribution >= 4 is 11.6 Å². The van der Waals surface area contributed by atoms with Crippen LogP contribution in [0.5, 0.6) is 5.75 Å². The van der Waals surface area contributed by atoms with E-state index >= 15 is 0 Å². The number of carbonyl (C=O) groups excluding carboxylic acids is 1. The van der Waals surface area contributed by atoms with E-state index in [-0.39, 0.29) is 30.6 Å². The summed E-state index contributed by atoms with van der Waals surface area (Å²) in [7, 11) is 0. The van der Waals surface area contributed by atoms with Crippen LogP contribution < -0.4 is 5.32 Å². The molecule has 2 N–H and O–H groups in total. The minimum absolute atomic E-state index is 0.0309. The molecule has 1 amide bonds. The Hall–Kier alpha value is -2.90. The normalized spacial score (nSPS) is 11.9. The van der Waals surface area contributed by atoms with E-state index in [9.17, 15) is 20.0 Å². The van der Waals surface area contributed by atoms with Gasteiger partial charge < -0.3 is 15.0 Å². The molecule has 8 heteroatoms. The molecule has 1 aromatic heterocycles. The lowest BCUT2D eigenvalue weighted by Crippen LogP contribution is -2.25. The van der Waals surface area contributed by atoms with Crippen LogP contribution in [0.2, 0.25) is 0 Å². The van der Waals surface area contributed by atoms with Crippen molar-refractivity contribution in [3.05, 3.63) is 52.1 Å². The molecule has 0 spiro atoms. The number of nitrogens with zero attached hydrogens (tertiary/aromatic N) is 3. The molecule has 1 atom stereocenters. The third-order valence-electron chi connectivity index (χ3n) is 3.75. The minimum Gasteiger partial charge on any atom is -0.502 e. The van der Waals surface area contributed by atoms with Gasteiger partial charge in [-0.25, -0.2) is 4.98 Å². The lowest BCUT2D eigenvalue weighted by Gasteiger charge is -2.15. The number of aromatic hydroxyl groups is 1. The summed E-state index contributed by atoms with van der Waals surface area (Å²) in [6.45, 7) is 4.10. The van der Waals surface area contributed by atoms with Gasteiger partial charge in [-0.2, -0.15) is 0 Å². The molecule has 128 valence electrons. The first-order chi connectivity index (χ1) is 11.4. The summed E-state index contributed by atoms with van der Waals surface area (Å²) in [5.41, 5.74) is 0.179. The fourth-order valence-electron chi connectivity index (χ4n) is 2.48. The Morgan fingerprint density at radius 1 is 1.50 bits per heavy atom. The summed E-state index contributed by atoms with van der Waals surface area (Å²) in [6.07, 6.45) is 4.63. The molecule has 2 aromatic rings. The van der Waals surface area contributed by atoms with Gasteiger partial charge in [0.05, 0.1) is 4.92 Å². The molecule has 0 radical (unpaired) electrons. The molecule has 2 rings (SSSR count). The quantitative estimate of drug-likeness (QED) is 0.597. The van der Waals surface area contributed by atoms with Crippen LogP contribution in [-0.2, 0) is 17.8 Å². The van der Waals surface area contributed by atoms with Crippen molar-refractivity contribution in [1.82, 2.24) is 14.9 Å². The van der Waals surface area contributed by atoms with Crippen molar-refractivity contribution in [3.8, 4) is 5.75 Å². The molecule has 1 heterocycles. The number of rotatable bonds is 7. The second kappa shape index (κ2) is 7.58. The second-order valence-corrected chi connectivity index (χ2v) is 5.51. The zero-order valence-electron chi connectivity index (χ0n) is 13.6. The van der Waals surface area contributed by atoms with Crippen LogP contribution in [0, 0.1) is 10.1 Å². The standard InChI is InChI=1S/C16H20N4O4/c1-3-15-17-6-7-19(15)11(2)8-16(22)18-10-12-4-5-14(21)13(9-12)20(23)24/h4-7,9,11,21H,3,8,10H2,1-2H3,(H,18,22). The number of phenols is 1. The molecule has 0 aliphatic carbocycles. The van der Waals surface area contributed by atoms with E-state index in [1.165, 1.54) is 18.2 Å². The maximum absolute atomic E-state index is 12.1. The van der Waals surface area contributed by atoms with Crippen molar-refractivity contribution in [1.29, 1.82) is 0 Å². The van der Waals surface area contributed by atoms with Gasteiger partial charge in [-0.15, -0.1) is 0 Å². The fraction of sp³-hybridized carbons (Fsp3) is 0.375. The minimum atomic E-state index is -0.659. The third kappa shape index (κ3) is 4.09. The number of aryl methyl sites for hydroxylation is 1. The highest BCUT2D eigenvalue weighted by Gasteiger charge is 2.15. The van der Waals surface area contributed by atoms with Crippen LogP contribution in [0.3, 0.4) is 0 Å². The summed E-state index contributed by atoms with van der Waals surface area (Å²) in [6, 6.07) is 4.01. The van der Waals surface area contributed by atoms with E-state index in [4.69, 9.17) is 0 Å². The maximum Gasteiger partial charge on any atom is 0.311 e. The Morgan fingerprint density at radius 2 is 2.25 bits per heavy atom. The highest BCUT2D eigenvalue weighted by molar-refractivity contribution is 5.76. The summed E-state index contributed by atoms with van der Waals surface area (Å²) in [4.78, 5) is 26.5. The monoisotopic (exact) mass is 332 g/mol. The first-order valence-corrected chi connectivity index (χ1v) is 7.67.